The first-order valence-corrected chi connectivity index (χ1v) is 5.12. The van der Waals surface area contributed by atoms with Crippen LogP contribution in [0.3, 0.4) is 0 Å². The lowest BCUT2D eigenvalue weighted by atomic mass is 10.2. The average molecular weight is 202 g/mol. The van der Waals surface area contributed by atoms with Crippen LogP contribution in [0.1, 0.15) is 27.7 Å². The summed E-state index contributed by atoms with van der Waals surface area (Å²) < 4.78 is 0. The molecule has 0 radical (unpaired) electrons. The number of carbonyl (C=O) groups excluding carboxylic acids is 1. The Morgan fingerprint density at radius 2 is 1.79 bits per heavy atom. The monoisotopic (exact) mass is 202 g/mol. The van der Waals surface area contributed by atoms with Crippen molar-refractivity contribution in [3.63, 3.8) is 0 Å². The summed E-state index contributed by atoms with van der Waals surface area (Å²) in [5.74, 6) is 0.447. The highest BCUT2D eigenvalue weighted by molar-refractivity contribution is 5.81. The van der Waals surface area contributed by atoms with Crippen molar-refractivity contribution in [1.29, 1.82) is 0 Å². The van der Waals surface area contributed by atoms with Crippen LogP contribution in [0, 0.1) is 5.92 Å². The van der Waals surface area contributed by atoms with Gasteiger partial charge in [-0.2, -0.15) is 0 Å². The number of hydrogen-bond donors (Lipinski definition) is 3. The van der Waals surface area contributed by atoms with Crippen LogP contribution in [0.25, 0.3) is 0 Å². The molecule has 14 heavy (non-hydrogen) atoms. The molecule has 4 heteroatoms. The maximum absolute atomic E-state index is 11.4. The number of aliphatic hydroxyl groups is 1. The highest BCUT2D eigenvalue weighted by Crippen LogP contribution is 1.89. The molecule has 1 unspecified atom stereocenters. The molecular formula is C10H22N2O2. The van der Waals surface area contributed by atoms with Crippen LogP contribution in [0.15, 0.2) is 0 Å². The maximum Gasteiger partial charge on any atom is 0.236 e. The minimum atomic E-state index is -0.421. The van der Waals surface area contributed by atoms with Crippen molar-refractivity contribution in [3.8, 4) is 0 Å². The zero-order valence-corrected chi connectivity index (χ0v) is 9.50. The summed E-state index contributed by atoms with van der Waals surface area (Å²) in [4.78, 5) is 11.4. The number of nitrogens with one attached hydrogen (secondary N) is 2. The standard InChI is InChI=1S/C10H22N2O2/c1-7(2)5-12-10(14)9(4)11-6-8(3)13/h7-9,11,13H,5-6H2,1-4H3,(H,12,14)/t8-,9?/m1/s1. The van der Waals surface area contributed by atoms with Crippen LogP contribution in [-0.4, -0.2) is 36.2 Å². The molecule has 2 atom stereocenters. The van der Waals surface area contributed by atoms with Gasteiger partial charge in [0.25, 0.3) is 0 Å². The second kappa shape index (κ2) is 6.79. The highest BCUT2D eigenvalue weighted by Gasteiger charge is 2.12. The second-order valence-electron chi connectivity index (χ2n) is 4.12. The zero-order chi connectivity index (χ0) is 11.1. The molecule has 3 N–H and O–H groups in total. The lowest BCUT2D eigenvalue weighted by Crippen LogP contribution is -2.45. The highest BCUT2D eigenvalue weighted by atomic mass is 16.3. The van der Waals surface area contributed by atoms with Gasteiger partial charge in [0.05, 0.1) is 12.1 Å². The molecule has 0 fully saturated rings. The van der Waals surface area contributed by atoms with E-state index in [-0.39, 0.29) is 11.9 Å². The van der Waals surface area contributed by atoms with E-state index in [0.717, 1.165) is 0 Å². The summed E-state index contributed by atoms with van der Waals surface area (Å²) in [6.45, 7) is 8.71. The SMILES string of the molecule is CC(C)CNC(=O)C(C)NC[C@@H](C)O. The Morgan fingerprint density at radius 3 is 2.21 bits per heavy atom. The Morgan fingerprint density at radius 1 is 1.21 bits per heavy atom. The molecule has 0 rings (SSSR count). The fourth-order valence-electron chi connectivity index (χ4n) is 0.898. The van der Waals surface area contributed by atoms with Crippen LogP contribution in [-0.2, 0) is 4.79 Å². The summed E-state index contributed by atoms with van der Waals surface area (Å²) in [6, 6.07) is -0.247. The van der Waals surface area contributed by atoms with Gasteiger partial charge in [-0.1, -0.05) is 13.8 Å². The van der Waals surface area contributed by atoms with Gasteiger partial charge in [0.2, 0.25) is 5.91 Å². The summed E-state index contributed by atoms with van der Waals surface area (Å²) in [5, 5.41) is 14.8. The molecule has 0 saturated heterocycles. The molecule has 0 heterocycles. The summed E-state index contributed by atoms with van der Waals surface area (Å²) in [5.41, 5.74) is 0. The van der Waals surface area contributed by atoms with Gasteiger partial charge < -0.3 is 15.7 Å². The van der Waals surface area contributed by atoms with Gasteiger partial charge in [0.1, 0.15) is 0 Å². The van der Waals surface area contributed by atoms with Gasteiger partial charge in [0, 0.05) is 13.1 Å². The third kappa shape index (κ3) is 6.86. The van der Waals surface area contributed by atoms with E-state index in [1.165, 1.54) is 0 Å². The molecule has 0 aliphatic carbocycles. The molecule has 0 bridgehead atoms. The lowest BCUT2D eigenvalue weighted by molar-refractivity contribution is -0.122. The summed E-state index contributed by atoms with van der Waals surface area (Å²) in [7, 11) is 0. The van der Waals surface area contributed by atoms with Crippen LogP contribution < -0.4 is 10.6 Å². The first-order chi connectivity index (χ1) is 6.43. The number of aliphatic hydroxyl groups excluding tert-OH is 1. The van der Waals surface area contributed by atoms with Gasteiger partial charge >= 0.3 is 0 Å². The van der Waals surface area contributed by atoms with Crippen molar-refractivity contribution in [2.75, 3.05) is 13.1 Å². The van der Waals surface area contributed by atoms with E-state index in [1.807, 2.05) is 13.8 Å². The second-order valence-corrected chi connectivity index (χ2v) is 4.12. The van der Waals surface area contributed by atoms with Gasteiger partial charge in [-0.3, -0.25) is 4.79 Å². The van der Waals surface area contributed by atoms with E-state index in [4.69, 9.17) is 5.11 Å². The molecule has 0 spiro atoms. The summed E-state index contributed by atoms with van der Waals surface area (Å²) in [6.07, 6.45) is -0.421. The van der Waals surface area contributed by atoms with Crippen molar-refractivity contribution in [2.24, 2.45) is 5.92 Å². The van der Waals surface area contributed by atoms with Crippen molar-refractivity contribution < 1.29 is 9.90 Å². The fourth-order valence-corrected chi connectivity index (χ4v) is 0.898. The zero-order valence-electron chi connectivity index (χ0n) is 9.50. The third-order valence-electron chi connectivity index (χ3n) is 1.80. The molecule has 84 valence electrons. The molecular weight excluding hydrogens is 180 g/mol. The van der Waals surface area contributed by atoms with Crippen molar-refractivity contribution >= 4 is 5.91 Å². The Bertz CT molecular complexity index is 170. The first-order valence-electron chi connectivity index (χ1n) is 5.12. The number of amides is 1. The Balaban J connectivity index is 3.65. The normalized spacial score (nSPS) is 15.3. The largest absolute Gasteiger partial charge is 0.392 e. The Kier molecular flexibility index (Phi) is 6.49. The van der Waals surface area contributed by atoms with E-state index in [0.29, 0.717) is 19.0 Å². The maximum atomic E-state index is 11.4. The molecule has 0 saturated carbocycles. The van der Waals surface area contributed by atoms with Crippen molar-refractivity contribution in [3.05, 3.63) is 0 Å². The van der Waals surface area contributed by atoms with E-state index < -0.39 is 6.10 Å². The minimum absolute atomic E-state index is 0.0145. The smallest absolute Gasteiger partial charge is 0.236 e. The third-order valence-corrected chi connectivity index (χ3v) is 1.80. The Hall–Kier alpha value is -0.610. The molecule has 4 nitrogen and oxygen atoms in total. The van der Waals surface area contributed by atoms with E-state index >= 15 is 0 Å². The van der Waals surface area contributed by atoms with Crippen LogP contribution in [0.4, 0.5) is 0 Å². The van der Waals surface area contributed by atoms with Gasteiger partial charge in [-0.15, -0.1) is 0 Å². The molecule has 0 aliphatic rings. The predicted molar refractivity (Wildman–Crippen MR) is 57.0 cm³/mol. The van der Waals surface area contributed by atoms with Crippen LogP contribution >= 0.6 is 0 Å². The lowest BCUT2D eigenvalue weighted by Gasteiger charge is -2.15. The van der Waals surface area contributed by atoms with E-state index in [1.54, 1.807) is 13.8 Å². The Labute approximate surface area is 86.1 Å². The van der Waals surface area contributed by atoms with Gasteiger partial charge in [0.15, 0.2) is 0 Å². The van der Waals surface area contributed by atoms with E-state index in [9.17, 15) is 4.79 Å². The van der Waals surface area contributed by atoms with Gasteiger partial charge in [-0.05, 0) is 19.8 Å². The number of hydrogen-bond acceptors (Lipinski definition) is 3. The molecule has 0 aromatic heterocycles. The topological polar surface area (TPSA) is 61.4 Å². The van der Waals surface area contributed by atoms with E-state index in [2.05, 4.69) is 10.6 Å². The minimum Gasteiger partial charge on any atom is -0.392 e. The molecule has 0 aromatic rings. The van der Waals surface area contributed by atoms with Crippen molar-refractivity contribution in [1.82, 2.24) is 10.6 Å². The predicted octanol–water partition coefficient (Wildman–Crippen LogP) is 0.118. The molecule has 1 amide bonds. The summed E-state index contributed by atoms with van der Waals surface area (Å²) >= 11 is 0. The van der Waals surface area contributed by atoms with Crippen molar-refractivity contribution in [2.45, 2.75) is 39.8 Å². The first kappa shape index (κ1) is 13.4. The van der Waals surface area contributed by atoms with Crippen LogP contribution in [0.5, 0.6) is 0 Å². The average Bonchev–Trinajstić information content (AvgIpc) is 2.09. The molecule has 0 aliphatic heterocycles. The van der Waals surface area contributed by atoms with Gasteiger partial charge in [-0.25, -0.2) is 0 Å². The fraction of sp³-hybridized carbons (Fsp3) is 0.900. The quantitative estimate of drug-likeness (QED) is 0.573. The molecule has 0 aromatic carbocycles. The number of rotatable bonds is 6. The van der Waals surface area contributed by atoms with Crippen LogP contribution in [0.2, 0.25) is 0 Å². The number of carbonyl (C=O) groups is 1.